The number of piperidine rings is 1. The summed E-state index contributed by atoms with van der Waals surface area (Å²) in [6.07, 6.45) is 7.82. The van der Waals surface area contributed by atoms with E-state index in [1.165, 1.54) is 5.56 Å². The fourth-order valence-electron chi connectivity index (χ4n) is 4.04. The van der Waals surface area contributed by atoms with Gasteiger partial charge in [0.1, 0.15) is 0 Å². The van der Waals surface area contributed by atoms with Crippen molar-refractivity contribution in [1.29, 1.82) is 0 Å². The van der Waals surface area contributed by atoms with Crippen LogP contribution in [0.5, 0.6) is 0 Å². The molecule has 0 saturated carbocycles. The number of benzene rings is 2. The Bertz CT molecular complexity index is 1020. The van der Waals surface area contributed by atoms with E-state index in [0.29, 0.717) is 23.9 Å². The zero-order chi connectivity index (χ0) is 20.3. The van der Waals surface area contributed by atoms with Gasteiger partial charge in [0.25, 0.3) is 0 Å². The molecule has 1 aliphatic rings. The lowest BCUT2D eigenvalue weighted by Gasteiger charge is -2.31. The van der Waals surface area contributed by atoms with Crippen LogP contribution in [0.25, 0.3) is 5.69 Å². The van der Waals surface area contributed by atoms with E-state index in [9.17, 15) is 8.42 Å². The Kier molecular flexibility index (Phi) is 5.88. The van der Waals surface area contributed by atoms with Crippen LogP contribution in [0.1, 0.15) is 30.9 Å². The molecule has 5 heteroatoms. The Labute approximate surface area is 173 Å². The van der Waals surface area contributed by atoms with Gasteiger partial charge in [0, 0.05) is 31.2 Å². The quantitative estimate of drug-likeness (QED) is 0.594. The predicted octanol–water partition coefficient (Wildman–Crippen LogP) is 4.68. The molecule has 1 fully saturated rings. The summed E-state index contributed by atoms with van der Waals surface area (Å²) in [5.74, 6) is 0.529. The van der Waals surface area contributed by atoms with E-state index < -0.39 is 10.0 Å². The minimum atomic E-state index is -3.38. The van der Waals surface area contributed by atoms with Crippen LogP contribution in [0.15, 0.2) is 78.0 Å². The van der Waals surface area contributed by atoms with Crippen molar-refractivity contribution in [2.75, 3.05) is 13.1 Å². The maximum Gasteiger partial charge on any atom is 0.243 e. The second-order valence-electron chi connectivity index (χ2n) is 7.81. The van der Waals surface area contributed by atoms with E-state index in [1.54, 1.807) is 16.4 Å². The van der Waals surface area contributed by atoms with Crippen molar-refractivity contribution >= 4 is 10.0 Å². The molecule has 0 atom stereocenters. The zero-order valence-electron chi connectivity index (χ0n) is 16.9. The molecule has 0 unspecified atom stereocenters. The molecule has 0 aliphatic carbocycles. The number of sulfonamides is 1. The van der Waals surface area contributed by atoms with E-state index in [4.69, 9.17) is 0 Å². The molecule has 1 saturated heterocycles. The minimum Gasteiger partial charge on any atom is -0.324 e. The second kappa shape index (κ2) is 8.56. The van der Waals surface area contributed by atoms with Gasteiger partial charge in [-0.05, 0) is 79.1 Å². The Morgan fingerprint density at radius 3 is 2.03 bits per heavy atom. The molecule has 0 amide bonds. The highest BCUT2D eigenvalue weighted by Crippen LogP contribution is 2.26. The fraction of sp³-hybridized carbons (Fsp3) is 0.333. The first-order valence-corrected chi connectivity index (χ1v) is 11.8. The van der Waals surface area contributed by atoms with Crippen LogP contribution >= 0.6 is 0 Å². The molecule has 29 heavy (non-hydrogen) atoms. The van der Waals surface area contributed by atoms with Gasteiger partial charge >= 0.3 is 0 Å². The third kappa shape index (κ3) is 4.46. The zero-order valence-corrected chi connectivity index (χ0v) is 17.7. The summed E-state index contributed by atoms with van der Waals surface area (Å²) in [6, 6.07) is 20.0. The molecule has 1 aromatic heterocycles. The largest absolute Gasteiger partial charge is 0.324 e. The predicted molar refractivity (Wildman–Crippen MR) is 117 cm³/mol. The molecule has 0 spiro atoms. The molecule has 0 radical (unpaired) electrons. The van der Waals surface area contributed by atoms with Gasteiger partial charge in [-0.2, -0.15) is 4.31 Å². The van der Waals surface area contributed by atoms with Crippen LogP contribution in [0, 0.1) is 5.92 Å². The molecule has 2 heterocycles. The van der Waals surface area contributed by atoms with E-state index in [2.05, 4.69) is 35.8 Å². The summed E-state index contributed by atoms with van der Waals surface area (Å²) in [5.41, 5.74) is 3.64. The summed E-state index contributed by atoms with van der Waals surface area (Å²) in [4.78, 5) is 0.411. The van der Waals surface area contributed by atoms with Crippen LogP contribution < -0.4 is 0 Å². The lowest BCUT2D eigenvalue weighted by Crippen LogP contribution is -2.38. The summed E-state index contributed by atoms with van der Waals surface area (Å²) < 4.78 is 29.6. The molecule has 0 bridgehead atoms. The Morgan fingerprint density at radius 2 is 1.45 bits per heavy atom. The number of rotatable bonds is 6. The topological polar surface area (TPSA) is 42.3 Å². The Morgan fingerprint density at radius 1 is 0.862 bits per heavy atom. The van der Waals surface area contributed by atoms with Crippen LogP contribution in [0.4, 0.5) is 0 Å². The summed E-state index contributed by atoms with van der Waals surface area (Å²) in [5, 5.41) is 0. The molecule has 3 aromatic rings. The van der Waals surface area contributed by atoms with Crippen molar-refractivity contribution < 1.29 is 8.42 Å². The highest BCUT2D eigenvalue weighted by atomic mass is 32.2. The van der Waals surface area contributed by atoms with Gasteiger partial charge in [-0.25, -0.2) is 8.42 Å². The number of nitrogens with zero attached hydrogens (tertiary/aromatic N) is 2. The highest BCUT2D eigenvalue weighted by molar-refractivity contribution is 7.89. The van der Waals surface area contributed by atoms with Crippen molar-refractivity contribution in [2.24, 2.45) is 5.92 Å². The molecule has 2 aromatic carbocycles. The van der Waals surface area contributed by atoms with Gasteiger partial charge in [-0.15, -0.1) is 0 Å². The summed E-state index contributed by atoms with van der Waals surface area (Å²) >= 11 is 0. The van der Waals surface area contributed by atoms with Crippen molar-refractivity contribution in [3.05, 3.63) is 84.2 Å². The number of aryl methyl sites for hydroxylation is 1. The van der Waals surface area contributed by atoms with Gasteiger partial charge in [0.05, 0.1) is 4.90 Å². The van der Waals surface area contributed by atoms with Gasteiger partial charge in [-0.3, -0.25) is 0 Å². The Balaban J connectivity index is 1.35. The molecular formula is C24H28N2O2S. The van der Waals surface area contributed by atoms with Crippen LogP contribution in [-0.2, 0) is 22.9 Å². The average Bonchev–Trinajstić information content (AvgIpc) is 3.30. The lowest BCUT2D eigenvalue weighted by atomic mass is 9.91. The van der Waals surface area contributed by atoms with Crippen molar-refractivity contribution in [2.45, 2.75) is 37.5 Å². The smallest absolute Gasteiger partial charge is 0.243 e. The molecule has 0 N–H and O–H groups in total. The average molecular weight is 409 g/mol. The van der Waals surface area contributed by atoms with E-state index in [-0.39, 0.29) is 0 Å². The first-order valence-electron chi connectivity index (χ1n) is 10.4. The molecule has 4 nitrogen and oxygen atoms in total. The molecule has 1 aliphatic heterocycles. The standard InChI is InChI=1S/C24H28N2O2S/c1-2-20-7-11-24(12-8-20)29(27,28)26-17-13-22(14-18-26)19-21-5-9-23(10-6-21)25-15-3-4-16-25/h3-12,15-16,22H,2,13-14,17-19H2,1H3. The van der Waals surface area contributed by atoms with Crippen molar-refractivity contribution in [3.8, 4) is 5.69 Å². The SMILES string of the molecule is CCc1ccc(S(=O)(=O)N2CCC(Cc3ccc(-n4cccc4)cc3)CC2)cc1. The normalized spacial score (nSPS) is 16.2. The number of hydrogen-bond acceptors (Lipinski definition) is 2. The summed E-state index contributed by atoms with van der Waals surface area (Å²) in [7, 11) is -3.38. The third-order valence-electron chi connectivity index (χ3n) is 5.91. The van der Waals surface area contributed by atoms with E-state index in [0.717, 1.165) is 36.9 Å². The van der Waals surface area contributed by atoms with Crippen LogP contribution in [-0.4, -0.2) is 30.4 Å². The highest BCUT2D eigenvalue weighted by Gasteiger charge is 2.29. The maximum atomic E-state index is 12.9. The van der Waals surface area contributed by atoms with Crippen LogP contribution in [0.2, 0.25) is 0 Å². The Hall–Kier alpha value is -2.37. The first kappa shape index (κ1) is 19.9. The van der Waals surface area contributed by atoms with Gasteiger partial charge in [-0.1, -0.05) is 31.2 Å². The first-order chi connectivity index (χ1) is 14.1. The number of hydrogen-bond donors (Lipinski definition) is 0. The fourth-order valence-corrected chi connectivity index (χ4v) is 5.51. The second-order valence-corrected chi connectivity index (χ2v) is 9.74. The van der Waals surface area contributed by atoms with Crippen LogP contribution in [0.3, 0.4) is 0 Å². The third-order valence-corrected chi connectivity index (χ3v) is 7.82. The summed E-state index contributed by atoms with van der Waals surface area (Å²) in [6.45, 7) is 3.27. The molecular weight excluding hydrogens is 380 g/mol. The maximum absolute atomic E-state index is 12.9. The van der Waals surface area contributed by atoms with Gasteiger partial charge in [0.15, 0.2) is 0 Å². The van der Waals surface area contributed by atoms with E-state index >= 15 is 0 Å². The minimum absolute atomic E-state index is 0.411. The van der Waals surface area contributed by atoms with Crippen molar-refractivity contribution in [1.82, 2.24) is 8.87 Å². The lowest BCUT2D eigenvalue weighted by molar-refractivity contribution is 0.273. The number of aromatic nitrogens is 1. The van der Waals surface area contributed by atoms with E-state index in [1.807, 2.05) is 36.7 Å². The van der Waals surface area contributed by atoms with Gasteiger partial charge in [0.2, 0.25) is 10.0 Å². The van der Waals surface area contributed by atoms with Crippen molar-refractivity contribution in [3.63, 3.8) is 0 Å². The van der Waals surface area contributed by atoms with Gasteiger partial charge < -0.3 is 4.57 Å². The molecule has 152 valence electrons. The molecule has 4 rings (SSSR count). The monoisotopic (exact) mass is 408 g/mol.